The minimum absolute atomic E-state index is 0.261. The molecule has 0 radical (unpaired) electrons. The molecule has 2 aromatic rings. The monoisotopic (exact) mass is 426 g/mol. The highest BCUT2D eigenvalue weighted by Crippen LogP contribution is 2.44. The molecule has 2 aliphatic heterocycles. The van der Waals surface area contributed by atoms with Crippen molar-refractivity contribution in [3.05, 3.63) is 53.6 Å². The number of piperazine rings is 1. The molecule has 0 saturated carbocycles. The fourth-order valence-electron chi connectivity index (χ4n) is 4.71. The molecule has 1 atom stereocenters. The lowest BCUT2D eigenvalue weighted by Crippen LogP contribution is -2.47. The van der Waals surface area contributed by atoms with Crippen LogP contribution >= 0.6 is 0 Å². The predicted octanol–water partition coefficient (Wildman–Crippen LogP) is 3.66. The predicted molar refractivity (Wildman–Crippen MR) is 121 cm³/mol. The lowest BCUT2D eigenvalue weighted by molar-refractivity contribution is 0.0203. The molecule has 0 aromatic heterocycles. The fourth-order valence-corrected chi connectivity index (χ4v) is 4.71. The lowest BCUT2D eigenvalue weighted by Gasteiger charge is -2.41. The third-order valence-electron chi connectivity index (χ3n) is 6.33. The van der Waals surface area contributed by atoms with Gasteiger partial charge in [-0.3, -0.25) is 4.90 Å². The van der Waals surface area contributed by atoms with E-state index in [0.717, 1.165) is 69.3 Å². The van der Waals surface area contributed by atoms with Crippen molar-refractivity contribution in [1.29, 1.82) is 0 Å². The number of benzene rings is 2. The van der Waals surface area contributed by atoms with Crippen LogP contribution in [-0.2, 0) is 11.3 Å². The molecule has 6 heteroatoms. The maximum atomic E-state index is 6.42. The van der Waals surface area contributed by atoms with Gasteiger partial charge < -0.3 is 24.3 Å². The van der Waals surface area contributed by atoms with Gasteiger partial charge in [0.2, 0.25) is 0 Å². The van der Waals surface area contributed by atoms with Gasteiger partial charge in [0.25, 0.3) is 0 Å². The third kappa shape index (κ3) is 5.32. The molecule has 0 amide bonds. The summed E-state index contributed by atoms with van der Waals surface area (Å²) in [6.07, 6.45) is 2.11. The zero-order chi connectivity index (χ0) is 21.5. The molecule has 4 rings (SSSR count). The van der Waals surface area contributed by atoms with Crippen molar-refractivity contribution in [1.82, 2.24) is 10.2 Å². The summed E-state index contributed by atoms with van der Waals surface area (Å²) in [5, 5.41) is 3.48. The second kappa shape index (κ2) is 10.8. The van der Waals surface area contributed by atoms with Crippen LogP contribution in [0.4, 0.5) is 0 Å². The Hall–Kier alpha value is -2.28. The molecule has 6 nitrogen and oxygen atoms in total. The van der Waals surface area contributed by atoms with E-state index in [4.69, 9.17) is 18.9 Å². The van der Waals surface area contributed by atoms with Gasteiger partial charge in [-0.1, -0.05) is 30.3 Å². The van der Waals surface area contributed by atoms with Crippen molar-refractivity contribution in [2.75, 3.05) is 53.6 Å². The minimum Gasteiger partial charge on any atom is -0.493 e. The van der Waals surface area contributed by atoms with Crippen LogP contribution in [0.5, 0.6) is 17.2 Å². The van der Waals surface area contributed by atoms with Gasteiger partial charge in [0, 0.05) is 57.1 Å². The molecule has 2 aromatic carbocycles. The van der Waals surface area contributed by atoms with Crippen LogP contribution in [0, 0.1) is 5.92 Å². The molecule has 2 saturated heterocycles. The molecule has 0 unspecified atom stereocenters. The molecule has 168 valence electrons. The summed E-state index contributed by atoms with van der Waals surface area (Å²) in [5.74, 6) is 2.83. The highest BCUT2D eigenvalue weighted by molar-refractivity contribution is 5.52. The number of rotatable bonds is 8. The molecular formula is C25H34N2O4. The molecule has 31 heavy (non-hydrogen) atoms. The van der Waals surface area contributed by atoms with E-state index in [1.165, 1.54) is 5.56 Å². The number of ether oxygens (including phenoxy) is 4. The standard InChI is InChI=1S/C25H34N2O4/c1-28-23-16-21(22(17-24(23)29-2)31-18-19-6-4-3-5-7-19)25(20-8-14-30-15-9-20)27-12-10-26-11-13-27/h3-7,16-17,20,25-26H,8-15,18H2,1-2H3/t25-/m0/s1. The van der Waals surface area contributed by atoms with Gasteiger partial charge in [-0.15, -0.1) is 0 Å². The number of hydrogen-bond acceptors (Lipinski definition) is 6. The van der Waals surface area contributed by atoms with E-state index < -0.39 is 0 Å². The average Bonchev–Trinajstić information content (AvgIpc) is 2.85. The van der Waals surface area contributed by atoms with Gasteiger partial charge in [0.15, 0.2) is 11.5 Å². The van der Waals surface area contributed by atoms with Crippen molar-refractivity contribution < 1.29 is 18.9 Å². The van der Waals surface area contributed by atoms with Gasteiger partial charge in [0.05, 0.1) is 14.2 Å². The molecular weight excluding hydrogens is 392 g/mol. The van der Waals surface area contributed by atoms with Crippen molar-refractivity contribution in [3.63, 3.8) is 0 Å². The second-order valence-corrected chi connectivity index (χ2v) is 8.20. The van der Waals surface area contributed by atoms with Crippen LogP contribution in [-0.4, -0.2) is 58.5 Å². The highest BCUT2D eigenvalue weighted by atomic mass is 16.5. The summed E-state index contributed by atoms with van der Waals surface area (Å²) in [7, 11) is 3.37. The Balaban J connectivity index is 1.71. The summed E-state index contributed by atoms with van der Waals surface area (Å²) >= 11 is 0. The summed E-state index contributed by atoms with van der Waals surface area (Å²) in [4.78, 5) is 2.60. The Morgan fingerprint density at radius 3 is 2.32 bits per heavy atom. The number of nitrogens with zero attached hydrogens (tertiary/aromatic N) is 1. The van der Waals surface area contributed by atoms with Crippen LogP contribution in [0.3, 0.4) is 0 Å². The number of nitrogens with one attached hydrogen (secondary N) is 1. The van der Waals surface area contributed by atoms with Crippen LogP contribution in [0.2, 0.25) is 0 Å². The molecule has 0 bridgehead atoms. The van der Waals surface area contributed by atoms with Crippen LogP contribution < -0.4 is 19.5 Å². The van der Waals surface area contributed by atoms with E-state index in [1.807, 2.05) is 24.3 Å². The second-order valence-electron chi connectivity index (χ2n) is 8.20. The topological polar surface area (TPSA) is 52.2 Å². The van der Waals surface area contributed by atoms with Gasteiger partial charge in [-0.05, 0) is 30.4 Å². The van der Waals surface area contributed by atoms with Crippen molar-refractivity contribution in [3.8, 4) is 17.2 Å². The Morgan fingerprint density at radius 1 is 0.968 bits per heavy atom. The van der Waals surface area contributed by atoms with Crippen LogP contribution in [0.15, 0.2) is 42.5 Å². The fraction of sp³-hybridized carbons (Fsp3) is 0.520. The molecule has 1 N–H and O–H groups in total. The van der Waals surface area contributed by atoms with Gasteiger partial charge in [-0.25, -0.2) is 0 Å². The van der Waals surface area contributed by atoms with E-state index in [2.05, 4.69) is 28.4 Å². The van der Waals surface area contributed by atoms with Crippen molar-refractivity contribution >= 4 is 0 Å². The van der Waals surface area contributed by atoms with Crippen molar-refractivity contribution in [2.45, 2.75) is 25.5 Å². The van der Waals surface area contributed by atoms with E-state index in [9.17, 15) is 0 Å². The first kappa shape index (κ1) is 21.9. The molecule has 2 aliphatic rings. The SMILES string of the molecule is COc1cc(OCc2ccccc2)c([C@H](C2CCOCC2)N2CCNCC2)cc1OC. The first-order valence-corrected chi connectivity index (χ1v) is 11.3. The summed E-state index contributed by atoms with van der Waals surface area (Å²) in [5.41, 5.74) is 2.33. The normalized spacial score (nSPS) is 19.0. The Labute approximate surface area is 185 Å². The van der Waals surface area contributed by atoms with Gasteiger partial charge >= 0.3 is 0 Å². The highest BCUT2D eigenvalue weighted by Gasteiger charge is 2.34. The van der Waals surface area contributed by atoms with Crippen LogP contribution in [0.25, 0.3) is 0 Å². The largest absolute Gasteiger partial charge is 0.493 e. The quantitative estimate of drug-likeness (QED) is 0.695. The lowest BCUT2D eigenvalue weighted by atomic mass is 9.85. The van der Waals surface area contributed by atoms with E-state index in [-0.39, 0.29) is 6.04 Å². The van der Waals surface area contributed by atoms with E-state index in [1.54, 1.807) is 14.2 Å². The Morgan fingerprint density at radius 2 is 1.65 bits per heavy atom. The van der Waals surface area contributed by atoms with Crippen LogP contribution in [0.1, 0.15) is 30.0 Å². The van der Waals surface area contributed by atoms with Crippen molar-refractivity contribution in [2.24, 2.45) is 5.92 Å². The molecule has 0 aliphatic carbocycles. The first-order valence-electron chi connectivity index (χ1n) is 11.3. The Bertz CT molecular complexity index is 800. The number of hydrogen-bond donors (Lipinski definition) is 1. The smallest absolute Gasteiger partial charge is 0.164 e. The van der Waals surface area contributed by atoms with E-state index in [0.29, 0.717) is 18.3 Å². The third-order valence-corrected chi connectivity index (χ3v) is 6.33. The maximum Gasteiger partial charge on any atom is 0.164 e. The Kier molecular flexibility index (Phi) is 7.67. The first-order chi connectivity index (χ1) is 15.3. The average molecular weight is 427 g/mol. The minimum atomic E-state index is 0.261. The maximum absolute atomic E-state index is 6.42. The van der Waals surface area contributed by atoms with E-state index >= 15 is 0 Å². The molecule has 0 spiro atoms. The summed E-state index contributed by atoms with van der Waals surface area (Å²) in [6, 6.07) is 14.7. The van der Waals surface area contributed by atoms with Gasteiger partial charge in [0.1, 0.15) is 12.4 Å². The zero-order valence-corrected chi connectivity index (χ0v) is 18.6. The zero-order valence-electron chi connectivity index (χ0n) is 18.6. The summed E-state index contributed by atoms with van der Waals surface area (Å²) in [6.45, 7) is 6.22. The van der Waals surface area contributed by atoms with Gasteiger partial charge in [-0.2, -0.15) is 0 Å². The number of methoxy groups -OCH3 is 2. The molecule has 2 fully saturated rings. The summed E-state index contributed by atoms with van der Waals surface area (Å²) < 4.78 is 23.4. The molecule has 2 heterocycles.